The number of nitrogens with zero attached hydrogens (tertiary/aromatic N) is 2. The molecule has 1 heterocycles. The van der Waals surface area contributed by atoms with E-state index in [1.54, 1.807) is 6.07 Å². The van der Waals surface area contributed by atoms with E-state index in [-0.39, 0.29) is 11.4 Å². The van der Waals surface area contributed by atoms with Gasteiger partial charge in [-0.05, 0) is 23.1 Å². The predicted molar refractivity (Wildman–Crippen MR) is 82.7 cm³/mol. The lowest BCUT2D eigenvalue weighted by molar-refractivity contribution is 0.590. The third kappa shape index (κ3) is 3.36. The van der Waals surface area contributed by atoms with Crippen LogP contribution in [-0.4, -0.2) is 9.97 Å². The number of rotatable bonds is 3. The first kappa shape index (κ1) is 14.1. The molecule has 1 aromatic heterocycles. The first-order valence-corrected chi connectivity index (χ1v) is 6.37. The maximum Gasteiger partial charge on any atom is 0.223 e. The molecule has 20 heavy (non-hydrogen) atoms. The maximum atomic E-state index is 5.61. The van der Waals surface area contributed by atoms with Gasteiger partial charge in [-0.1, -0.05) is 32.9 Å². The summed E-state index contributed by atoms with van der Waals surface area (Å²) in [5.41, 5.74) is 10.4. The summed E-state index contributed by atoms with van der Waals surface area (Å²) in [5.74, 6) is 6.54. The molecule has 0 aliphatic heterocycles. The van der Waals surface area contributed by atoms with Crippen LogP contribution in [0.3, 0.4) is 0 Å². The number of hydrazine groups is 1. The Labute approximate surface area is 118 Å². The van der Waals surface area contributed by atoms with Crippen LogP contribution in [0.2, 0.25) is 0 Å². The van der Waals surface area contributed by atoms with Crippen molar-refractivity contribution in [3.05, 3.63) is 35.9 Å². The number of nitrogen functional groups attached to an aromatic ring is 2. The summed E-state index contributed by atoms with van der Waals surface area (Å²) in [6, 6.07) is 9.89. The third-order valence-corrected chi connectivity index (χ3v) is 2.91. The summed E-state index contributed by atoms with van der Waals surface area (Å²) in [5, 5.41) is 3.17. The van der Waals surface area contributed by atoms with Crippen molar-refractivity contribution < 1.29 is 0 Å². The number of hydrogen-bond acceptors (Lipinski definition) is 6. The molecule has 0 bridgehead atoms. The van der Waals surface area contributed by atoms with E-state index in [2.05, 4.69) is 53.6 Å². The van der Waals surface area contributed by atoms with Crippen LogP contribution in [0, 0.1) is 0 Å². The van der Waals surface area contributed by atoms with Crippen LogP contribution >= 0.6 is 0 Å². The highest BCUT2D eigenvalue weighted by molar-refractivity contribution is 5.60. The van der Waals surface area contributed by atoms with Crippen molar-refractivity contribution in [2.45, 2.75) is 26.2 Å². The lowest BCUT2D eigenvalue weighted by atomic mass is 9.87. The molecule has 0 aliphatic carbocycles. The number of nitrogens with two attached hydrogens (primary N) is 2. The van der Waals surface area contributed by atoms with Crippen molar-refractivity contribution in [3.8, 4) is 0 Å². The molecule has 0 fully saturated rings. The Morgan fingerprint density at radius 3 is 2.15 bits per heavy atom. The van der Waals surface area contributed by atoms with Crippen molar-refractivity contribution in [1.29, 1.82) is 0 Å². The molecule has 2 aromatic rings. The summed E-state index contributed by atoms with van der Waals surface area (Å²) in [4.78, 5) is 8.04. The van der Waals surface area contributed by atoms with Crippen molar-refractivity contribution in [2.24, 2.45) is 5.84 Å². The van der Waals surface area contributed by atoms with E-state index in [1.165, 1.54) is 5.56 Å². The van der Waals surface area contributed by atoms with Gasteiger partial charge in [0.2, 0.25) is 5.95 Å². The van der Waals surface area contributed by atoms with Crippen LogP contribution < -0.4 is 22.3 Å². The highest BCUT2D eigenvalue weighted by Crippen LogP contribution is 2.25. The monoisotopic (exact) mass is 272 g/mol. The molecule has 0 amide bonds. The molecule has 0 atom stereocenters. The van der Waals surface area contributed by atoms with Gasteiger partial charge in [-0.3, -0.25) is 0 Å². The van der Waals surface area contributed by atoms with Gasteiger partial charge >= 0.3 is 0 Å². The minimum Gasteiger partial charge on any atom is -0.368 e. The van der Waals surface area contributed by atoms with Gasteiger partial charge in [0.15, 0.2) is 0 Å². The van der Waals surface area contributed by atoms with Crippen LogP contribution in [0.1, 0.15) is 26.3 Å². The lowest BCUT2D eigenvalue weighted by Crippen LogP contribution is -2.11. The highest BCUT2D eigenvalue weighted by atomic mass is 15.3. The molecule has 0 saturated heterocycles. The predicted octanol–water partition coefficient (Wildman–Crippen LogP) is 2.39. The van der Waals surface area contributed by atoms with Gasteiger partial charge < -0.3 is 16.5 Å². The molecule has 0 saturated carbocycles. The summed E-state index contributed by atoms with van der Waals surface area (Å²) in [6.07, 6.45) is 0. The van der Waals surface area contributed by atoms with E-state index in [0.717, 1.165) is 5.69 Å². The average molecular weight is 272 g/mol. The average Bonchev–Trinajstić information content (AvgIpc) is 2.37. The Morgan fingerprint density at radius 2 is 1.60 bits per heavy atom. The first-order valence-electron chi connectivity index (χ1n) is 6.37. The molecule has 6 nitrogen and oxygen atoms in total. The van der Waals surface area contributed by atoms with Crippen molar-refractivity contribution in [1.82, 2.24) is 9.97 Å². The molecule has 0 aliphatic rings. The van der Waals surface area contributed by atoms with Crippen molar-refractivity contribution in [2.75, 3.05) is 16.5 Å². The second kappa shape index (κ2) is 5.34. The molecular formula is C14H20N6. The van der Waals surface area contributed by atoms with E-state index >= 15 is 0 Å². The fraction of sp³-hybridized carbons (Fsp3) is 0.286. The van der Waals surface area contributed by atoms with Gasteiger partial charge in [-0.25, -0.2) is 5.84 Å². The summed E-state index contributed by atoms with van der Waals surface area (Å²) >= 11 is 0. The highest BCUT2D eigenvalue weighted by Gasteiger charge is 2.12. The third-order valence-electron chi connectivity index (χ3n) is 2.91. The molecule has 6 N–H and O–H groups in total. The molecule has 0 unspecified atom stereocenters. The Kier molecular flexibility index (Phi) is 3.76. The van der Waals surface area contributed by atoms with Gasteiger partial charge in [-0.2, -0.15) is 9.97 Å². The molecule has 6 heteroatoms. The molecule has 2 rings (SSSR count). The minimum absolute atomic E-state index is 0.133. The Balaban J connectivity index is 2.20. The second-order valence-corrected chi connectivity index (χ2v) is 5.59. The summed E-state index contributed by atoms with van der Waals surface area (Å²) < 4.78 is 0. The van der Waals surface area contributed by atoms with E-state index < -0.39 is 0 Å². The zero-order chi connectivity index (χ0) is 14.8. The van der Waals surface area contributed by atoms with Crippen LogP contribution in [0.4, 0.5) is 23.3 Å². The van der Waals surface area contributed by atoms with Gasteiger partial charge in [0, 0.05) is 11.8 Å². The van der Waals surface area contributed by atoms with Crippen LogP contribution in [0.5, 0.6) is 0 Å². The topological polar surface area (TPSA) is 102 Å². The lowest BCUT2D eigenvalue weighted by Gasteiger charge is -2.19. The summed E-state index contributed by atoms with van der Waals surface area (Å²) in [6.45, 7) is 6.54. The fourth-order valence-electron chi connectivity index (χ4n) is 1.81. The Bertz CT molecular complexity index is 586. The Hall–Kier alpha value is -2.34. The largest absolute Gasteiger partial charge is 0.368 e. The van der Waals surface area contributed by atoms with Crippen molar-refractivity contribution in [3.63, 3.8) is 0 Å². The van der Waals surface area contributed by atoms with E-state index in [9.17, 15) is 0 Å². The van der Waals surface area contributed by atoms with E-state index in [4.69, 9.17) is 11.6 Å². The number of anilines is 4. The van der Waals surface area contributed by atoms with Crippen LogP contribution in [0.25, 0.3) is 0 Å². The van der Waals surface area contributed by atoms with Gasteiger partial charge in [0.25, 0.3) is 0 Å². The normalized spacial score (nSPS) is 11.2. The number of aromatic nitrogens is 2. The Morgan fingerprint density at radius 1 is 1.00 bits per heavy atom. The summed E-state index contributed by atoms with van der Waals surface area (Å²) in [7, 11) is 0. The molecule has 106 valence electrons. The van der Waals surface area contributed by atoms with E-state index in [0.29, 0.717) is 11.6 Å². The smallest absolute Gasteiger partial charge is 0.223 e. The molecule has 0 radical (unpaired) electrons. The van der Waals surface area contributed by atoms with Crippen LogP contribution in [-0.2, 0) is 5.41 Å². The van der Waals surface area contributed by atoms with Gasteiger partial charge in [0.1, 0.15) is 11.6 Å². The molecular weight excluding hydrogens is 252 g/mol. The zero-order valence-electron chi connectivity index (χ0n) is 11.9. The maximum absolute atomic E-state index is 5.61. The number of nitrogens with one attached hydrogen (secondary N) is 2. The van der Waals surface area contributed by atoms with Gasteiger partial charge in [-0.15, -0.1) is 0 Å². The molecule has 1 aromatic carbocycles. The van der Waals surface area contributed by atoms with Crippen molar-refractivity contribution >= 4 is 23.3 Å². The zero-order valence-corrected chi connectivity index (χ0v) is 11.9. The molecule has 0 spiro atoms. The minimum atomic E-state index is 0.133. The van der Waals surface area contributed by atoms with Gasteiger partial charge in [0.05, 0.1) is 0 Å². The number of benzene rings is 1. The fourth-order valence-corrected chi connectivity index (χ4v) is 1.81. The SMILES string of the molecule is CC(C)(C)c1ccc(Nc2cc(NN)nc(N)n2)cc1. The number of hydrogen-bond donors (Lipinski definition) is 4. The quantitative estimate of drug-likeness (QED) is 0.505. The van der Waals surface area contributed by atoms with Crippen LogP contribution in [0.15, 0.2) is 30.3 Å². The van der Waals surface area contributed by atoms with E-state index in [1.807, 2.05) is 12.1 Å². The standard InChI is InChI=1S/C14H20N6/c1-14(2,3)9-4-6-10(7-5-9)17-11-8-12(20-16)19-13(15)18-11/h4-8H,16H2,1-3H3,(H4,15,17,18,19,20). The first-order chi connectivity index (χ1) is 9.38. The second-order valence-electron chi connectivity index (χ2n) is 5.59.